The third-order valence-corrected chi connectivity index (χ3v) is 5.60. The van der Waals surface area contributed by atoms with Crippen LogP contribution in [-0.4, -0.2) is 0 Å². The van der Waals surface area contributed by atoms with Crippen molar-refractivity contribution >= 4 is 22.9 Å². The van der Waals surface area contributed by atoms with Gasteiger partial charge < -0.3 is 24.0 Å². The van der Waals surface area contributed by atoms with Crippen molar-refractivity contribution in [2.75, 3.05) is 0 Å². The van der Waals surface area contributed by atoms with Crippen LogP contribution < -0.4 is 24.0 Å². The smallest absolute Gasteiger partial charge is 0.219 e. The van der Waals surface area contributed by atoms with Crippen LogP contribution >= 0.6 is 22.9 Å². The van der Waals surface area contributed by atoms with E-state index in [0.717, 1.165) is 5.02 Å². The Kier molecular flexibility index (Phi) is 6.45. The van der Waals surface area contributed by atoms with E-state index in [9.17, 15) is 0 Å². The van der Waals surface area contributed by atoms with Crippen molar-refractivity contribution in [3.63, 3.8) is 0 Å². The highest BCUT2D eigenvalue weighted by molar-refractivity contribution is 7.12. The average Bonchev–Trinajstić information content (AvgIpc) is 2.37. The molecule has 2 aromatic rings. The molecule has 1 aromatic heterocycles. The lowest BCUT2D eigenvalue weighted by Gasteiger charge is -2.16. The molecule has 0 aliphatic rings. The molecular weight excluding hydrogens is 423 g/mol. The molecule has 1 heterocycles. The fourth-order valence-electron chi connectivity index (χ4n) is 2.05. The second-order valence-electron chi connectivity index (χ2n) is 7.58. The zero-order valence-electron chi connectivity index (χ0n) is 14.1. The van der Waals surface area contributed by atoms with Crippen molar-refractivity contribution < 1.29 is 24.0 Å². The Morgan fingerprint density at radius 1 is 0.727 bits per heavy atom. The molecule has 0 atom stereocenters. The van der Waals surface area contributed by atoms with Crippen molar-refractivity contribution in [3.05, 3.63) is 51.2 Å². The van der Waals surface area contributed by atoms with E-state index >= 15 is 0 Å². The van der Waals surface area contributed by atoms with Gasteiger partial charge in [0.15, 0.2) is 0 Å². The molecule has 0 unspecified atom stereocenters. The summed E-state index contributed by atoms with van der Waals surface area (Å²) in [5, 5.41) is 0.782. The highest BCUT2D eigenvalue weighted by Gasteiger charge is 2.32. The summed E-state index contributed by atoms with van der Waals surface area (Å²) >= 11 is 7.93. The second-order valence-corrected chi connectivity index (χ2v) is 9.10. The highest BCUT2D eigenvalue weighted by atomic mass is 127. The molecule has 1 aromatic carbocycles. The van der Waals surface area contributed by atoms with E-state index in [4.69, 9.17) is 11.6 Å². The van der Waals surface area contributed by atoms with Gasteiger partial charge in [-0.05, 0) is 23.3 Å². The van der Waals surface area contributed by atoms with Gasteiger partial charge in [0.2, 0.25) is 21.1 Å². The van der Waals surface area contributed by atoms with Gasteiger partial charge in [0.25, 0.3) is 0 Å². The van der Waals surface area contributed by atoms with Gasteiger partial charge in [-0.3, -0.25) is 0 Å². The number of rotatable bonds is 1. The molecular formula is C19H24ClIS. The van der Waals surface area contributed by atoms with Crippen molar-refractivity contribution in [1.82, 2.24) is 0 Å². The fourth-order valence-corrected chi connectivity index (χ4v) is 3.40. The molecule has 0 amide bonds. The first-order valence-corrected chi connectivity index (χ1v) is 8.52. The summed E-state index contributed by atoms with van der Waals surface area (Å²) in [6, 6.07) is 12.8. The van der Waals surface area contributed by atoms with E-state index in [0.29, 0.717) is 0 Å². The van der Waals surface area contributed by atoms with Crippen LogP contribution in [0, 0.1) is 0 Å². The van der Waals surface area contributed by atoms with Crippen molar-refractivity contribution in [3.8, 4) is 11.1 Å². The molecule has 0 saturated heterocycles. The predicted molar refractivity (Wildman–Crippen MR) is 96.6 cm³/mol. The van der Waals surface area contributed by atoms with Gasteiger partial charge >= 0.3 is 0 Å². The fraction of sp³-hybridized carbons (Fsp3) is 0.421. The van der Waals surface area contributed by atoms with E-state index in [2.05, 4.69) is 65.8 Å². The minimum absolute atomic E-state index is 0. The highest BCUT2D eigenvalue weighted by Crippen LogP contribution is 2.38. The van der Waals surface area contributed by atoms with Gasteiger partial charge in [-0.1, -0.05) is 65.3 Å². The number of benzene rings is 1. The zero-order valence-corrected chi connectivity index (χ0v) is 17.9. The zero-order chi connectivity index (χ0) is 15.8. The van der Waals surface area contributed by atoms with Crippen LogP contribution in [0.15, 0.2) is 36.4 Å². The third-order valence-electron chi connectivity index (χ3n) is 3.45. The first-order valence-electron chi connectivity index (χ1n) is 7.32. The molecule has 0 spiro atoms. The van der Waals surface area contributed by atoms with Crippen LogP contribution in [0.25, 0.3) is 11.1 Å². The van der Waals surface area contributed by atoms with Crippen LogP contribution in [0.4, 0.5) is 0 Å². The summed E-state index contributed by atoms with van der Waals surface area (Å²) in [7, 11) is 0. The molecule has 0 radical (unpaired) electrons. The maximum Gasteiger partial charge on any atom is 0.219 e. The summed E-state index contributed by atoms with van der Waals surface area (Å²) in [6.45, 7) is 13.6. The predicted octanol–water partition coefficient (Wildman–Crippen LogP) is 3.95. The maximum absolute atomic E-state index is 6.01. The minimum atomic E-state index is 0. The Morgan fingerprint density at radius 3 is 1.50 bits per heavy atom. The summed E-state index contributed by atoms with van der Waals surface area (Å²) in [5.41, 5.74) is 2.82. The van der Waals surface area contributed by atoms with Gasteiger partial charge in [0.1, 0.15) is 0 Å². The largest absolute Gasteiger partial charge is 1.00 e. The van der Waals surface area contributed by atoms with Crippen LogP contribution in [0.2, 0.25) is 5.02 Å². The molecule has 0 N–H and O–H groups in total. The lowest BCUT2D eigenvalue weighted by atomic mass is 9.90. The lowest BCUT2D eigenvalue weighted by molar-refractivity contribution is -0.00000505. The number of halogens is 2. The number of hydrogen-bond acceptors (Lipinski definition) is 0. The summed E-state index contributed by atoms with van der Waals surface area (Å²) in [6.07, 6.45) is 0. The second kappa shape index (κ2) is 7.14. The quantitative estimate of drug-likeness (QED) is 0.460. The van der Waals surface area contributed by atoms with Gasteiger partial charge in [0.05, 0.1) is 0 Å². The first kappa shape index (κ1) is 19.9. The van der Waals surface area contributed by atoms with Gasteiger partial charge in [-0.2, -0.15) is 0 Å². The van der Waals surface area contributed by atoms with Crippen LogP contribution in [0.5, 0.6) is 0 Å². The van der Waals surface area contributed by atoms with E-state index < -0.39 is 0 Å². The van der Waals surface area contributed by atoms with Crippen molar-refractivity contribution in [2.45, 2.75) is 52.4 Å². The Balaban J connectivity index is 0.00000242. The maximum atomic E-state index is 6.01. The monoisotopic (exact) mass is 446 g/mol. The van der Waals surface area contributed by atoms with Crippen LogP contribution in [-0.2, 0) is 10.8 Å². The molecule has 3 heteroatoms. The third kappa shape index (κ3) is 4.90. The SMILES string of the molecule is CC(C)(C)c1cc(-c2ccc(Cl)cc2)cc(C(C)(C)C)[s+]1.[I-]. The first-order chi connectivity index (χ1) is 9.57. The molecule has 2 rings (SSSR count). The molecule has 0 saturated carbocycles. The lowest BCUT2D eigenvalue weighted by Crippen LogP contribution is -3.00. The van der Waals surface area contributed by atoms with Crippen LogP contribution in [0.3, 0.4) is 0 Å². The summed E-state index contributed by atoms with van der Waals surface area (Å²) in [4.78, 5) is 2.83. The summed E-state index contributed by atoms with van der Waals surface area (Å²) < 4.78 is 0. The van der Waals surface area contributed by atoms with Gasteiger partial charge in [0, 0.05) is 28.0 Å². The molecule has 0 bridgehead atoms. The Morgan fingerprint density at radius 2 is 1.14 bits per heavy atom. The topological polar surface area (TPSA) is 0 Å². The Labute approximate surface area is 161 Å². The Bertz CT molecular complexity index is 602. The van der Waals surface area contributed by atoms with Gasteiger partial charge in [-0.25, -0.2) is 0 Å². The van der Waals surface area contributed by atoms with E-state index in [1.165, 1.54) is 20.9 Å². The molecule has 0 nitrogen and oxygen atoms in total. The van der Waals surface area contributed by atoms with E-state index in [1.807, 2.05) is 23.5 Å². The van der Waals surface area contributed by atoms with E-state index in [1.54, 1.807) is 0 Å². The minimum Gasteiger partial charge on any atom is -1.00 e. The Hall–Kier alpha value is -0.190. The van der Waals surface area contributed by atoms with E-state index in [-0.39, 0.29) is 34.8 Å². The average molecular weight is 447 g/mol. The number of hydrogen-bond donors (Lipinski definition) is 0. The van der Waals surface area contributed by atoms with Gasteiger partial charge in [-0.15, -0.1) is 0 Å². The molecule has 22 heavy (non-hydrogen) atoms. The van der Waals surface area contributed by atoms with Crippen molar-refractivity contribution in [2.24, 2.45) is 0 Å². The summed E-state index contributed by atoms with van der Waals surface area (Å²) in [5.74, 6) is 0. The molecule has 0 aliphatic heterocycles. The van der Waals surface area contributed by atoms with Crippen LogP contribution in [0.1, 0.15) is 51.3 Å². The molecule has 0 fully saturated rings. The molecule has 0 aliphatic carbocycles. The van der Waals surface area contributed by atoms with Crippen molar-refractivity contribution in [1.29, 1.82) is 0 Å². The normalized spacial score (nSPS) is 12.0. The standard InChI is InChI=1S/C19H24ClS.HI/c1-18(2,3)16-11-14(12-17(21-16)19(4,5)6)13-7-9-15(20)10-8-13;/h7-12H,1-6H3;1H/q+1;/p-1. The molecule has 120 valence electrons.